The van der Waals surface area contributed by atoms with E-state index in [1.807, 2.05) is 48.5 Å². The van der Waals surface area contributed by atoms with Crippen LogP contribution in [-0.2, 0) is 14.3 Å². The van der Waals surface area contributed by atoms with Gasteiger partial charge in [-0.3, -0.25) is 4.79 Å². The van der Waals surface area contributed by atoms with Crippen molar-refractivity contribution in [3.8, 4) is 11.1 Å². The number of amides is 2. The lowest BCUT2D eigenvalue weighted by molar-refractivity contribution is -0.121. The highest BCUT2D eigenvalue weighted by atomic mass is 16.5. The van der Waals surface area contributed by atoms with Crippen LogP contribution in [-0.4, -0.2) is 48.9 Å². The molecule has 2 amide bonds. The van der Waals surface area contributed by atoms with Crippen molar-refractivity contribution in [2.45, 2.75) is 25.0 Å². The Morgan fingerprint density at radius 3 is 2.09 bits per heavy atom. The number of hydrogen-bond donors (Lipinski definition) is 3. The van der Waals surface area contributed by atoms with Gasteiger partial charge >= 0.3 is 12.1 Å². The van der Waals surface area contributed by atoms with E-state index < -0.39 is 30.1 Å². The normalized spacial score (nSPS) is 13.8. The zero-order valence-corrected chi connectivity index (χ0v) is 19.4. The SMILES string of the molecule is CO[C@H](C)[C@H](NC(=O)OCC1c2ccccc2-c2ccccc21)C(=O)Nc1ccccc1C(=O)O. The number of methoxy groups -OCH3 is 1. The van der Waals surface area contributed by atoms with Crippen LogP contribution in [0.5, 0.6) is 0 Å². The van der Waals surface area contributed by atoms with Crippen molar-refractivity contribution >= 4 is 23.7 Å². The first-order chi connectivity index (χ1) is 16.9. The van der Waals surface area contributed by atoms with Crippen LogP contribution < -0.4 is 10.6 Å². The average Bonchev–Trinajstić information content (AvgIpc) is 3.19. The van der Waals surface area contributed by atoms with E-state index in [1.165, 1.54) is 19.2 Å². The zero-order valence-electron chi connectivity index (χ0n) is 19.4. The minimum absolute atomic E-state index is 0.0641. The first-order valence-electron chi connectivity index (χ1n) is 11.2. The second-order valence-corrected chi connectivity index (χ2v) is 8.23. The van der Waals surface area contributed by atoms with Gasteiger partial charge in [-0.2, -0.15) is 0 Å². The van der Waals surface area contributed by atoms with Gasteiger partial charge in [-0.15, -0.1) is 0 Å². The molecule has 0 unspecified atom stereocenters. The summed E-state index contributed by atoms with van der Waals surface area (Å²) in [6, 6.07) is 20.9. The van der Waals surface area contributed by atoms with Crippen LogP contribution in [0.3, 0.4) is 0 Å². The molecule has 3 aromatic rings. The third-order valence-corrected chi connectivity index (χ3v) is 6.16. The number of carboxylic acid groups (broad SMARTS) is 1. The molecule has 2 atom stereocenters. The van der Waals surface area contributed by atoms with Gasteiger partial charge in [-0.05, 0) is 41.3 Å². The molecule has 0 saturated carbocycles. The molecule has 0 saturated heterocycles. The number of aromatic carboxylic acids is 1. The summed E-state index contributed by atoms with van der Waals surface area (Å²) in [5.74, 6) is -1.92. The summed E-state index contributed by atoms with van der Waals surface area (Å²) in [4.78, 5) is 37.1. The lowest BCUT2D eigenvalue weighted by Crippen LogP contribution is -2.51. The van der Waals surface area contributed by atoms with E-state index in [9.17, 15) is 19.5 Å². The second-order valence-electron chi connectivity index (χ2n) is 8.23. The second kappa shape index (κ2) is 10.4. The molecule has 8 heteroatoms. The summed E-state index contributed by atoms with van der Waals surface area (Å²) < 4.78 is 10.8. The fourth-order valence-corrected chi connectivity index (χ4v) is 4.29. The molecule has 0 spiro atoms. The molecule has 0 aliphatic heterocycles. The van der Waals surface area contributed by atoms with E-state index in [4.69, 9.17) is 9.47 Å². The largest absolute Gasteiger partial charge is 0.478 e. The number of fused-ring (bicyclic) bond motifs is 3. The van der Waals surface area contributed by atoms with Crippen LogP contribution >= 0.6 is 0 Å². The van der Waals surface area contributed by atoms with Gasteiger partial charge in [0.1, 0.15) is 12.6 Å². The van der Waals surface area contributed by atoms with E-state index in [-0.39, 0.29) is 23.8 Å². The Labute approximate surface area is 202 Å². The molecule has 8 nitrogen and oxygen atoms in total. The maximum Gasteiger partial charge on any atom is 0.407 e. The average molecular weight is 475 g/mol. The number of carboxylic acids is 1. The van der Waals surface area contributed by atoms with E-state index in [2.05, 4.69) is 10.6 Å². The highest BCUT2D eigenvalue weighted by Gasteiger charge is 2.31. The highest BCUT2D eigenvalue weighted by molar-refractivity contribution is 6.03. The molecular formula is C27H26N2O6. The quantitative estimate of drug-likeness (QED) is 0.449. The van der Waals surface area contributed by atoms with Gasteiger partial charge in [0.2, 0.25) is 5.91 Å². The van der Waals surface area contributed by atoms with E-state index in [0.717, 1.165) is 22.3 Å². The van der Waals surface area contributed by atoms with Crippen LogP contribution in [0.4, 0.5) is 10.5 Å². The summed E-state index contributed by atoms with van der Waals surface area (Å²) >= 11 is 0. The number of carbonyl (C=O) groups excluding carboxylic acids is 2. The first-order valence-corrected chi connectivity index (χ1v) is 11.2. The summed E-state index contributed by atoms with van der Waals surface area (Å²) in [7, 11) is 1.41. The van der Waals surface area contributed by atoms with Gasteiger partial charge in [0, 0.05) is 13.0 Å². The number of ether oxygens (including phenoxy) is 2. The Bertz CT molecular complexity index is 1210. The molecular weight excluding hydrogens is 448 g/mol. The molecule has 35 heavy (non-hydrogen) atoms. The molecule has 0 bridgehead atoms. The van der Waals surface area contributed by atoms with Crippen molar-refractivity contribution in [2.24, 2.45) is 0 Å². The number of anilines is 1. The molecule has 0 heterocycles. The van der Waals surface area contributed by atoms with E-state index in [0.29, 0.717) is 0 Å². The predicted octanol–water partition coefficient (Wildman–Crippen LogP) is 4.27. The van der Waals surface area contributed by atoms with Crippen LogP contribution in [0.2, 0.25) is 0 Å². The molecule has 180 valence electrons. The van der Waals surface area contributed by atoms with E-state index in [1.54, 1.807) is 19.1 Å². The van der Waals surface area contributed by atoms with Crippen LogP contribution in [0.1, 0.15) is 34.3 Å². The molecule has 3 N–H and O–H groups in total. The lowest BCUT2D eigenvalue weighted by atomic mass is 9.98. The van der Waals surface area contributed by atoms with Crippen molar-refractivity contribution in [3.63, 3.8) is 0 Å². The number of carbonyl (C=O) groups is 3. The number of alkyl carbamates (subject to hydrolysis) is 1. The summed E-state index contributed by atoms with van der Waals surface area (Å²) in [6.07, 6.45) is -1.48. The van der Waals surface area contributed by atoms with Gasteiger partial charge in [-0.25, -0.2) is 9.59 Å². The van der Waals surface area contributed by atoms with Gasteiger partial charge in [0.05, 0.1) is 17.4 Å². The maximum absolute atomic E-state index is 13.0. The molecule has 4 rings (SSSR count). The number of benzene rings is 3. The smallest absolute Gasteiger partial charge is 0.407 e. The Kier molecular flexibility index (Phi) is 7.12. The third kappa shape index (κ3) is 5.02. The van der Waals surface area contributed by atoms with Gasteiger partial charge in [0.25, 0.3) is 0 Å². The van der Waals surface area contributed by atoms with Gasteiger partial charge in [0.15, 0.2) is 0 Å². The molecule has 0 radical (unpaired) electrons. The highest BCUT2D eigenvalue weighted by Crippen LogP contribution is 2.44. The third-order valence-electron chi connectivity index (χ3n) is 6.16. The van der Waals surface area contributed by atoms with Crippen molar-refractivity contribution < 1.29 is 29.0 Å². The Morgan fingerprint density at radius 2 is 1.49 bits per heavy atom. The predicted molar refractivity (Wildman–Crippen MR) is 130 cm³/mol. The molecule has 0 aromatic heterocycles. The minimum Gasteiger partial charge on any atom is -0.478 e. The standard InChI is InChI=1S/C27H26N2O6/c1-16(34-2)24(25(30)28-23-14-8-7-13-21(23)26(31)32)29-27(33)35-15-22-19-11-5-3-9-17(19)18-10-4-6-12-20(18)22/h3-14,16,22,24H,15H2,1-2H3,(H,28,30)(H,29,33)(H,31,32)/t16-,24+/m1/s1. The summed E-state index contributed by atoms with van der Waals surface area (Å²) in [5, 5.41) is 14.5. The first kappa shape index (κ1) is 24.0. The Hall–Kier alpha value is -4.17. The number of hydrogen-bond acceptors (Lipinski definition) is 5. The van der Waals surface area contributed by atoms with Crippen molar-refractivity contribution in [1.82, 2.24) is 5.32 Å². The molecule has 0 fully saturated rings. The summed E-state index contributed by atoms with van der Waals surface area (Å²) in [6.45, 7) is 1.72. The molecule has 3 aromatic carbocycles. The molecule has 1 aliphatic carbocycles. The Morgan fingerprint density at radius 1 is 0.914 bits per heavy atom. The number of rotatable bonds is 8. The van der Waals surface area contributed by atoms with Crippen molar-refractivity contribution in [2.75, 3.05) is 19.0 Å². The molecule has 1 aliphatic rings. The topological polar surface area (TPSA) is 114 Å². The van der Waals surface area contributed by atoms with Gasteiger partial charge in [-0.1, -0.05) is 60.7 Å². The fourth-order valence-electron chi connectivity index (χ4n) is 4.29. The number of nitrogens with one attached hydrogen (secondary N) is 2. The van der Waals surface area contributed by atoms with E-state index >= 15 is 0 Å². The monoisotopic (exact) mass is 474 g/mol. The lowest BCUT2D eigenvalue weighted by Gasteiger charge is -2.24. The van der Waals surface area contributed by atoms with Crippen molar-refractivity contribution in [1.29, 1.82) is 0 Å². The summed E-state index contributed by atoms with van der Waals surface area (Å²) in [5.41, 5.74) is 4.43. The van der Waals surface area contributed by atoms with Crippen molar-refractivity contribution in [3.05, 3.63) is 89.5 Å². The minimum atomic E-state index is -1.18. The number of para-hydroxylation sites is 1. The van der Waals surface area contributed by atoms with Gasteiger partial charge < -0.3 is 25.2 Å². The zero-order chi connectivity index (χ0) is 24.9. The fraction of sp³-hybridized carbons (Fsp3) is 0.222. The van der Waals surface area contributed by atoms with Crippen LogP contribution in [0, 0.1) is 0 Å². The van der Waals surface area contributed by atoms with Crippen LogP contribution in [0.15, 0.2) is 72.8 Å². The Balaban J connectivity index is 1.45. The maximum atomic E-state index is 13.0. The van der Waals surface area contributed by atoms with Crippen LogP contribution in [0.25, 0.3) is 11.1 Å².